The molecule has 11 heavy (non-hydrogen) atoms. The molecule has 0 N–H and O–H groups in total. The number of hydrogen-bond donors (Lipinski definition) is 0. The molecule has 1 saturated carbocycles. The summed E-state index contributed by atoms with van der Waals surface area (Å²) < 4.78 is -0.218. The first-order chi connectivity index (χ1) is 5.24. The van der Waals surface area contributed by atoms with Gasteiger partial charge in [-0.1, -0.05) is 28.1 Å². The van der Waals surface area contributed by atoms with Gasteiger partial charge in [0.25, 0.3) is 0 Å². The molecule has 0 aromatic heterocycles. The van der Waals surface area contributed by atoms with Gasteiger partial charge in [0.05, 0.1) is 4.32 Å². The first kappa shape index (κ1) is 7.53. The molecule has 3 aliphatic carbocycles. The molecular formula is C9H11BrO. The monoisotopic (exact) mass is 214 g/mol. The Hall–Kier alpha value is -0.110. The first-order valence-corrected chi connectivity index (χ1v) is 4.87. The third kappa shape index (κ3) is 1.08. The van der Waals surface area contributed by atoms with Gasteiger partial charge in [0.2, 0.25) is 0 Å². The van der Waals surface area contributed by atoms with Crippen LogP contribution in [0.2, 0.25) is 0 Å². The molecule has 2 heteroatoms. The van der Waals surface area contributed by atoms with Gasteiger partial charge in [0, 0.05) is 0 Å². The highest BCUT2D eigenvalue weighted by atomic mass is 79.9. The highest BCUT2D eigenvalue weighted by molar-refractivity contribution is 9.10. The van der Waals surface area contributed by atoms with Crippen LogP contribution >= 0.6 is 15.9 Å². The second kappa shape index (κ2) is 2.44. The quantitative estimate of drug-likeness (QED) is 0.372. The van der Waals surface area contributed by atoms with E-state index in [1.54, 1.807) is 0 Å². The minimum Gasteiger partial charge on any atom is -0.302 e. The Balaban J connectivity index is 2.29. The lowest BCUT2D eigenvalue weighted by molar-refractivity contribution is -0.111. The van der Waals surface area contributed by atoms with E-state index in [0.717, 1.165) is 12.7 Å². The van der Waals surface area contributed by atoms with E-state index in [-0.39, 0.29) is 4.32 Å². The van der Waals surface area contributed by atoms with Gasteiger partial charge in [0.15, 0.2) is 0 Å². The van der Waals surface area contributed by atoms with E-state index in [1.165, 1.54) is 12.8 Å². The number of halogens is 1. The van der Waals surface area contributed by atoms with Crippen LogP contribution in [-0.2, 0) is 4.79 Å². The van der Waals surface area contributed by atoms with E-state index in [1.807, 2.05) is 0 Å². The van der Waals surface area contributed by atoms with Gasteiger partial charge in [-0.05, 0) is 31.1 Å². The lowest BCUT2D eigenvalue weighted by Crippen LogP contribution is -2.41. The summed E-state index contributed by atoms with van der Waals surface area (Å²) in [5, 5.41) is 0. The molecule has 3 aliphatic rings. The molecule has 60 valence electrons. The predicted octanol–water partition coefficient (Wildman–Crippen LogP) is 2.31. The summed E-state index contributed by atoms with van der Waals surface area (Å²) in [6.45, 7) is 0. The largest absolute Gasteiger partial charge is 0.302 e. The zero-order chi connectivity index (χ0) is 7.90. The van der Waals surface area contributed by atoms with Crippen molar-refractivity contribution in [1.29, 1.82) is 0 Å². The molecular weight excluding hydrogens is 204 g/mol. The van der Waals surface area contributed by atoms with E-state index in [9.17, 15) is 4.79 Å². The van der Waals surface area contributed by atoms with Gasteiger partial charge in [0.1, 0.15) is 6.29 Å². The lowest BCUT2D eigenvalue weighted by atomic mass is 9.69. The van der Waals surface area contributed by atoms with Crippen molar-refractivity contribution in [2.45, 2.75) is 23.6 Å². The Labute approximate surface area is 75.0 Å². The number of carbonyl (C=O) groups excluding carboxylic acids is 1. The molecule has 2 bridgehead atoms. The Kier molecular flexibility index (Phi) is 1.67. The van der Waals surface area contributed by atoms with E-state index >= 15 is 0 Å². The van der Waals surface area contributed by atoms with Crippen molar-refractivity contribution >= 4 is 22.2 Å². The summed E-state index contributed by atoms with van der Waals surface area (Å²) >= 11 is 3.53. The van der Waals surface area contributed by atoms with Crippen molar-refractivity contribution < 1.29 is 4.79 Å². The van der Waals surface area contributed by atoms with Crippen LogP contribution in [0.25, 0.3) is 0 Å². The summed E-state index contributed by atoms with van der Waals surface area (Å²) in [5.41, 5.74) is 0. The van der Waals surface area contributed by atoms with Crippen LogP contribution in [0.3, 0.4) is 0 Å². The molecule has 0 radical (unpaired) electrons. The molecule has 0 spiro atoms. The molecule has 0 saturated heterocycles. The minimum atomic E-state index is -0.218. The van der Waals surface area contributed by atoms with Gasteiger partial charge >= 0.3 is 0 Å². The summed E-state index contributed by atoms with van der Waals surface area (Å²) in [7, 11) is 0. The van der Waals surface area contributed by atoms with Crippen LogP contribution in [-0.4, -0.2) is 10.6 Å². The van der Waals surface area contributed by atoms with Crippen molar-refractivity contribution in [2.75, 3.05) is 0 Å². The van der Waals surface area contributed by atoms with Crippen LogP contribution in [0.5, 0.6) is 0 Å². The average Bonchev–Trinajstić information content (AvgIpc) is 2.06. The Morgan fingerprint density at radius 2 is 2.27 bits per heavy atom. The van der Waals surface area contributed by atoms with Crippen LogP contribution in [0.1, 0.15) is 19.3 Å². The maximum absolute atomic E-state index is 10.8. The van der Waals surface area contributed by atoms with Crippen molar-refractivity contribution in [2.24, 2.45) is 11.8 Å². The highest BCUT2D eigenvalue weighted by Crippen LogP contribution is 2.46. The lowest BCUT2D eigenvalue weighted by Gasteiger charge is -2.41. The van der Waals surface area contributed by atoms with Crippen molar-refractivity contribution in [1.82, 2.24) is 0 Å². The first-order valence-electron chi connectivity index (χ1n) is 4.08. The fourth-order valence-corrected chi connectivity index (χ4v) is 2.93. The Bertz CT molecular complexity index is 212. The number of fused-ring (bicyclic) bond motifs is 2. The molecule has 3 rings (SSSR count). The van der Waals surface area contributed by atoms with Crippen molar-refractivity contribution in [3.8, 4) is 0 Å². The standard InChI is InChI=1S/C9H11BrO/c10-9(6-11)5-7-1-3-8(9)4-2-7/h1,3,6-8H,2,4-5H2/t7-,8+,9+/m0/s1. The summed E-state index contributed by atoms with van der Waals surface area (Å²) in [6.07, 6.45) is 8.97. The Morgan fingerprint density at radius 3 is 2.55 bits per heavy atom. The topological polar surface area (TPSA) is 17.1 Å². The zero-order valence-corrected chi connectivity index (χ0v) is 7.88. The molecule has 3 atom stereocenters. The van der Waals surface area contributed by atoms with Gasteiger partial charge in [-0.2, -0.15) is 0 Å². The highest BCUT2D eigenvalue weighted by Gasteiger charge is 2.42. The van der Waals surface area contributed by atoms with Crippen molar-refractivity contribution in [3.63, 3.8) is 0 Å². The van der Waals surface area contributed by atoms with Crippen LogP contribution in [0.4, 0.5) is 0 Å². The van der Waals surface area contributed by atoms with Gasteiger partial charge in [-0.3, -0.25) is 0 Å². The van der Waals surface area contributed by atoms with Crippen LogP contribution in [0, 0.1) is 11.8 Å². The molecule has 0 aliphatic heterocycles. The SMILES string of the molecule is O=C[C@]1(Br)C[C@H]2C=C[C@@H]1CC2. The maximum Gasteiger partial charge on any atom is 0.137 e. The molecule has 1 fully saturated rings. The average molecular weight is 215 g/mol. The van der Waals surface area contributed by atoms with Crippen LogP contribution < -0.4 is 0 Å². The Morgan fingerprint density at radius 1 is 1.45 bits per heavy atom. The normalized spacial score (nSPS) is 47.7. The predicted molar refractivity (Wildman–Crippen MR) is 47.7 cm³/mol. The van der Waals surface area contributed by atoms with E-state index in [2.05, 4.69) is 28.1 Å². The van der Waals surface area contributed by atoms with Gasteiger partial charge < -0.3 is 4.79 Å². The summed E-state index contributed by atoms with van der Waals surface area (Å²) in [4.78, 5) is 10.8. The number of carbonyl (C=O) groups is 1. The summed E-state index contributed by atoms with van der Waals surface area (Å²) in [6, 6.07) is 0. The third-order valence-corrected chi connectivity index (χ3v) is 3.95. The molecule has 0 aromatic carbocycles. The molecule has 0 amide bonds. The van der Waals surface area contributed by atoms with Crippen LogP contribution in [0.15, 0.2) is 12.2 Å². The molecule has 1 nitrogen and oxygen atoms in total. The molecule has 0 unspecified atom stereocenters. The summed E-state index contributed by atoms with van der Waals surface area (Å²) in [5.74, 6) is 1.09. The smallest absolute Gasteiger partial charge is 0.137 e. The van der Waals surface area contributed by atoms with E-state index in [4.69, 9.17) is 0 Å². The second-order valence-corrected chi connectivity index (χ2v) is 5.05. The number of aldehydes is 1. The number of alkyl halides is 1. The maximum atomic E-state index is 10.8. The molecule has 0 aromatic rings. The van der Waals surface area contributed by atoms with E-state index < -0.39 is 0 Å². The fourth-order valence-electron chi connectivity index (χ4n) is 2.14. The molecule has 0 heterocycles. The second-order valence-electron chi connectivity index (χ2n) is 3.58. The van der Waals surface area contributed by atoms with Crippen molar-refractivity contribution in [3.05, 3.63) is 12.2 Å². The minimum absolute atomic E-state index is 0.218. The number of rotatable bonds is 1. The fraction of sp³-hybridized carbons (Fsp3) is 0.667. The zero-order valence-electron chi connectivity index (χ0n) is 6.29. The third-order valence-electron chi connectivity index (χ3n) is 2.85. The number of hydrogen-bond acceptors (Lipinski definition) is 1. The van der Waals surface area contributed by atoms with Gasteiger partial charge in [-0.25, -0.2) is 0 Å². The number of allylic oxidation sites excluding steroid dienone is 2. The van der Waals surface area contributed by atoms with Gasteiger partial charge in [-0.15, -0.1) is 0 Å². The van der Waals surface area contributed by atoms with E-state index in [0.29, 0.717) is 11.8 Å².